The summed E-state index contributed by atoms with van der Waals surface area (Å²) in [5, 5.41) is 9.48. The lowest BCUT2D eigenvalue weighted by atomic mass is 9.87. The molecule has 0 atom stereocenters. The molecule has 0 radical (unpaired) electrons. The van der Waals surface area contributed by atoms with Gasteiger partial charge in [0, 0.05) is 19.6 Å². The van der Waals surface area contributed by atoms with Gasteiger partial charge in [0.2, 0.25) is 0 Å². The monoisotopic (exact) mass is 277 g/mol. The molecule has 0 saturated carbocycles. The minimum absolute atomic E-state index is 0.101. The van der Waals surface area contributed by atoms with Crippen molar-refractivity contribution in [3.8, 4) is 5.75 Å². The predicted octanol–water partition coefficient (Wildman–Crippen LogP) is 2.82. The van der Waals surface area contributed by atoms with Gasteiger partial charge in [-0.2, -0.15) is 0 Å². The highest BCUT2D eigenvalue weighted by molar-refractivity contribution is 5.32. The first-order valence-electron chi connectivity index (χ1n) is 7.59. The van der Waals surface area contributed by atoms with E-state index in [0.29, 0.717) is 6.61 Å². The summed E-state index contributed by atoms with van der Waals surface area (Å²) in [7, 11) is 0. The van der Waals surface area contributed by atoms with Crippen molar-refractivity contribution >= 4 is 0 Å². The first-order valence-corrected chi connectivity index (χ1v) is 7.59. The van der Waals surface area contributed by atoms with Gasteiger partial charge in [-0.25, -0.2) is 0 Å². The zero-order chi connectivity index (χ0) is 14.6. The molecule has 0 bridgehead atoms. The van der Waals surface area contributed by atoms with Gasteiger partial charge in [0.15, 0.2) is 0 Å². The first-order chi connectivity index (χ1) is 9.45. The quantitative estimate of drug-likeness (QED) is 0.918. The molecule has 0 unspecified atom stereocenters. The van der Waals surface area contributed by atoms with E-state index in [1.165, 1.54) is 5.56 Å². The van der Waals surface area contributed by atoms with E-state index in [0.717, 1.165) is 38.2 Å². The van der Waals surface area contributed by atoms with E-state index in [4.69, 9.17) is 4.74 Å². The van der Waals surface area contributed by atoms with Crippen LogP contribution in [0.5, 0.6) is 5.75 Å². The van der Waals surface area contributed by atoms with Crippen LogP contribution in [0.3, 0.4) is 0 Å². The molecular formula is C17H27NO2. The second-order valence-corrected chi connectivity index (χ2v) is 6.70. The molecule has 1 aliphatic rings. The lowest BCUT2D eigenvalue weighted by Gasteiger charge is -2.29. The van der Waals surface area contributed by atoms with Gasteiger partial charge in [-0.15, -0.1) is 0 Å². The maximum Gasteiger partial charge on any atom is 0.119 e. The Morgan fingerprint density at radius 2 is 1.95 bits per heavy atom. The van der Waals surface area contributed by atoms with Gasteiger partial charge >= 0.3 is 0 Å². The predicted molar refractivity (Wildman–Crippen MR) is 82.3 cm³/mol. The molecule has 1 saturated heterocycles. The molecule has 0 amide bonds. The van der Waals surface area contributed by atoms with E-state index in [9.17, 15) is 5.11 Å². The third kappa shape index (κ3) is 4.50. The van der Waals surface area contributed by atoms with Crippen molar-refractivity contribution in [2.45, 2.75) is 45.1 Å². The van der Waals surface area contributed by atoms with Crippen LogP contribution in [0.25, 0.3) is 0 Å². The van der Waals surface area contributed by atoms with E-state index in [-0.39, 0.29) is 11.5 Å². The number of ether oxygens (including phenoxy) is 1. The van der Waals surface area contributed by atoms with Crippen LogP contribution in [0.4, 0.5) is 0 Å². The maximum atomic E-state index is 9.48. The number of hydrogen-bond donors (Lipinski definition) is 1. The zero-order valence-corrected chi connectivity index (χ0v) is 12.9. The standard InChI is InChI=1S/C17H27NO2/c1-17(2,3)14-5-4-6-16(13-14)20-12-11-18-9-7-15(19)8-10-18/h4-6,13,15,19H,7-12H2,1-3H3. The third-order valence-electron chi connectivity index (χ3n) is 3.93. The van der Waals surface area contributed by atoms with Crippen LogP contribution in [0.2, 0.25) is 0 Å². The Morgan fingerprint density at radius 1 is 1.25 bits per heavy atom. The zero-order valence-electron chi connectivity index (χ0n) is 12.9. The Kier molecular flexibility index (Phi) is 5.06. The van der Waals surface area contributed by atoms with Crippen LogP contribution >= 0.6 is 0 Å². The summed E-state index contributed by atoms with van der Waals surface area (Å²) in [5.74, 6) is 0.953. The number of aliphatic hydroxyl groups is 1. The second kappa shape index (κ2) is 6.59. The topological polar surface area (TPSA) is 32.7 Å². The molecule has 2 rings (SSSR count). The molecule has 1 fully saturated rings. The van der Waals surface area contributed by atoms with Crippen LogP contribution in [0.1, 0.15) is 39.2 Å². The molecule has 1 heterocycles. The highest BCUT2D eigenvalue weighted by atomic mass is 16.5. The smallest absolute Gasteiger partial charge is 0.119 e. The SMILES string of the molecule is CC(C)(C)c1cccc(OCCN2CCC(O)CC2)c1. The van der Waals surface area contributed by atoms with Crippen LogP contribution < -0.4 is 4.74 Å². The highest BCUT2D eigenvalue weighted by Crippen LogP contribution is 2.25. The molecular weight excluding hydrogens is 250 g/mol. The Morgan fingerprint density at radius 3 is 2.60 bits per heavy atom. The number of benzene rings is 1. The van der Waals surface area contributed by atoms with Crippen molar-refractivity contribution in [2.75, 3.05) is 26.2 Å². The van der Waals surface area contributed by atoms with Gasteiger partial charge in [-0.05, 0) is 36.0 Å². The van der Waals surface area contributed by atoms with E-state index in [2.05, 4.69) is 43.9 Å². The van der Waals surface area contributed by atoms with Crippen LogP contribution in [-0.2, 0) is 5.41 Å². The first kappa shape index (κ1) is 15.3. The molecule has 0 aromatic heterocycles. The van der Waals surface area contributed by atoms with Crippen molar-refractivity contribution < 1.29 is 9.84 Å². The second-order valence-electron chi connectivity index (χ2n) is 6.70. The molecule has 1 aliphatic heterocycles. The van der Waals surface area contributed by atoms with E-state index >= 15 is 0 Å². The normalized spacial score (nSPS) is 18.2. The third-order valence-corrected chi connectivity index (χ3v) is 3.93. The van der Waals surface area contributed by atoms with Crippen LogP contribution in [0, 0.1) is 0 Å². The summed E-state index contributed by atoms with van der Waals surface area (Å²) < 4.78 is 5.87. The molecule has 1 aromatic carbocycles. The van der Waals surface area contributed by atoms with Gasteiger partial charge in [0.05, 0.1) is 6.10 Å². The Bertz CT molecular complexity index is 417. The maximum absolute atomic E-state index is 9.48. The number of hydrogen-bond acceptors (Lipinski definition) is 3. The summed E-state index contributed by atoms with van der Waals surface area (Å²) in [6.07, 6.45) is 1.68. The van der Waals surface area contributed by atoms with Crippen molar-refractivity contribution in [3.63, 3.8) is 0 Å². The Labute approximate surface area is 122 Å². The number of piperidine rings is 1. The lowest BCUT2D eigenvalue weighted by Crippen LogP contribution is -2.38. The summed E-state index contributed by atoms with van der Waals surface area (Å²) in [4.78, 5) is 2.36. The molecule has 3 nitrogen and oxygen atoms in total. The molecule has 0 spiro atoms. The fraction of sp³-hybridized carbons (Fsp3) is 0.647. The van der Waals surface area contributed by atoms with Gasteiger partial charge in [-0.1, -0.05) is 32.9 Å². The minimum atomic E-state index is -0.101. The van der Waals surface area contributed by atoms with Crippen molar-refractivity contribution in [1.82, 2.24) is 4.90 Å². The molecule has 20 heavy (non-hydrogen) atoms. The minimum Gasteiger partial charge on any atom is -0.492 e. The molecule has 3 heteroatoms. The molecule has 1 aromatic rings. The summed E-state index contributed by atoms with van der Waals surface area (Å²) in [5.41, 5.74) is 1.46. The van der Waals surface area contributed by atoms with Gasteiger partial charge in [-0.3, -0.25) is 4.90 Å². The van der Waals surface area contributed by atoms with Crippen molar-refractivity contribution in [2.24, 2.45) is 0 Å². The fourth-order valence-electron chi connectivity index (χ4n) is 2.49. The average molecular weight is 277 g/mol. The fourth-order valence-corrected chi connectivity index (χ4v) is 2.49. The number of rotatable bonds is 4. The van der Waals surface area contributed by atoms with Crippen LogP contribution in [-0.4, -0.2) is 42.4 Å². The van der Waals surface area contributed by atoms with Gasteiger partial charge in [0.1, 0.15) is 12.4 Å². The largest absolute Gasteiger partial charge is 0.492 e. The summed E-state index contributed by atoms with van der Waals surface area (Å²) >= 11 is 0. The van der Waals surface area contributed by atoms with Crippen LogP contribution in [0.15, 0.2) is 24.3 Å². The highest BCUT2D eigenvalue weighted by Gasteiger charge is 2.17. The molecule has 0 aliphatic carbocycles. The van der Waals surface area contributed by atoms with Crippen molar-refractivity contribution in [3.05, 3.63) is 29.8 Å². The van der Waals surface area contributed by atoms with E-state index in [1.54, 1.807) is 0 Å². The van der Waals surface area contributed by atoms with Gasteiger partial charge in [0.25, 0.3) is 0 Å². The number of likely N-dealkylation sites (tertiary alicyclic amines) is 1. The number of nitrogens with zero attached hydrogens (tertiary/aromatic N) is 1. The summed E-state index contributed by atoms with van der Waals surface area (Å²) in [6, 6.07) is 8.38. The molecule has 1 N–H and O–H groups in total. The number of aliphatic hydroxyl groups excluding tert-OH is 1. The van der Waals surface area contributed by atoms with E-state index in [1.807, 2.05) is 6.07 Å². The van der Waals surface area contributed by atoms with Gasteiger partial charge < -0.3 is 9.84 Å². The Hall–Kier alpha value is -1.06. The summed E-state index contributed by atoms with van der Waals surface area (Å²) in [6.45, 7) is 10.2. The van der Waals surface area contributed by atoms with Crippen molar-refractivity contribution in [1.29, 1.82) is 0 Å². The Balaban J connectivity index is 1.79. The molecule has 112 valence electrons. The lowest BCUT2D eigenvalue weighted by molar-refractivity contribution is 0.0755. The average Bonchev–Trinajstić information content (AvgIpc) is 2.40. The van der Waals surface area contributed by atoms with E-state index < -0.39 is 0 Å².